The Balaban J connectivity index is 1.72. The van der Waals surface area contributed by atoms with Gasteiger partial charge in [-0.15, -0.1) is 0 Å². The highest BCUT2D eigenvalue weighted by Crippen LogP contribution is 2.24. The van der Waals surface area contributed by atoms with Gasteiger partial charge in [-0.3, -0.25) is 9.52 Å². The molecule has 146 valence electrons. The molecule has 0 atom stereocenters. The molecule has 0 aliphatic rings. The molecule has 0 saturated heterocycles. The van der Waals surface area contributed by atoms with Gasteiger partial charge in [0.05, 0.1) is 11.2 Å². The number of furan rings is 1. The number of rotatable bonds is 7. The third-order valence-electron chi connectivity index (χ3n) is 4.04. The third kappa shape index (κ3) is 5.15. The molecule has 0 aliphatic carbocycles. The number of carbonyl (C=O) groups is 1. The van der Waals surface area contributed by atoms with Crippen LogP contribution in [0, 0.1) is 6.92 Å². The molecular weight excluding hydrogens is 400 g/mol. The molecule has 2 N–H and O–H groups in total. The summed E-state index contributed by atoms with van der Waals surface area (Å²) >= 11 is 5.83. The summed E-state index contributed by atoms with van der Waals surface area (Å²) in [6, 6.07) is 14.7. The molecule has 8 heteroatoms. The van der Waals surface area contributed by atoms with Crippen LogP contribution in [-0.2, 0) is 21.2 Å². The van der Waals surface area contributed by atoms with Gasteiger partial charge >= 0.3 is 0 Å². The summed E-state index contributed by atoms with van der Waals surface area (Å²) in [5, 5.41) is 3.24. The van der Waals surface area contributed by atoms with E-state index in [0.29, 0.717) is 28.4 Å². The Hall–Kier alpha value is -2.77. The molecule has 6 nitrogen and oxygen atoms in total. The van der Waals surface area contributed by atoms with E-state index in [4.69, 9.17) is 16.0 Å². The molecule has 28 heavy (non-hydrogen) atoms. The van der Waals surface area contributed by atoms with E-state index in [0.717, 1.165) is 5.76 Å². The van der Waals surface area contributed by atoms with Crippen molar-refractivity contribution in [2.45, 2.75) is 24.7 Å². The van der Waals surface area contributed by atoms with E-state index in [-0.39, 0.29) is 17.2 Å². The van der Waals surface area contributed by atoms with E-state index < -0.39 is 10.0 Å². The number of amides is 1. The van der Waals surface area contributed by atoms with E-state index in [1.807, 2.05) is 0 Å². The molecule has 2 aromatic carbocycles. The van der Waals surface area contributed by atoms with Crippen molar-refractivity contribution in [2.24, 2.45) is 0 Å². The minimum Gasteiger partial charge on any atom is -0.469 e. The highest BCUT2D eigenvalue weighted by atomic mass is 35.5. The van der Waals surface area contributed by atoms with E-state index in [1.165, 1.54) is 6.07 Å². The van der Waals surface area contributed by atoms with Gasteiger partial charge in [-0.2, -0.15) is 0 Å². The van der Waals surface area contributed by atoms with Gasteiger partial charge in [-0.25, -0.2) is 8.42 Å². The zero-order valence-corrected chi connectivity index (χ0v) is 16.7. The van der Waals surface area contributed by atoms with Crippen molar-refractivity contribution in [1.29, 1.82) is 0 Å². The molecule has 3 aromatic rings. The van der Waals surface area contributed by atoms with Crippen LogP contribution < -0.4 is 10.0 Å². The van der Waals surface area contributed by atoms with Crippen LogP contribution in [0.3, 0.4) is 0 Å². The summed E-state index contributed by atoms with van der Waals surface area (Å²) in [6.07, 6.45) is 2.25. The fourth-order valence-electron chi connectivity index (χ4n) is 2.61. The maximum Gasteiger partial charge on any atom is 0.262 e. The lowest BCUT2D eigenvalue weighted by Gasteiger charge is -2.13. The largest absolute Gasteiger partial charge is 0.469 e. The Bertz CT molecular complexity index is 1060. The lowest BCUT2D eigenvalue weighted by Crippen LogP contribution is -2.16. The van der Waals surface area contributed by atoms with Gasteiger partial charge in [-0.1, -0.05) is 17.7 Å². The van der Waals surface area contributed by atoms with Crippen LogP contribution in [0.4, 0.5) is 11.4 Å². The van der Waals surface area contributed by atoms with Gasteiger partial charge in [0.1, 0.15) is 5.76 Å². The van der Waals surface area contributed by atoms with Crippen LogP contribution in [0.5, 0.6) is 0 Å². The maximum absolute atomic E-state index is 12.8. The normalized spacial score (nSPS) is 11.2. The summed E-state index contributed by atoms with van der Waals surface area (Å²) in [5.41, 5.74) is 1.37. The number of hydrogen-bond donors (Lipinski definition) is 2. The molecule has 0 radical (unpaired) electrons. The van der Waals surface area contributed by atoms with E-state index in [2.05, 4.69) is 10.0 Å². The lowest BCUT2D eigenvalue weighted by molar-refractivity contribution is -0.116. The Morgan fingerprint density at radius 2 is 1.79 bits per heavy atom. The van der Waals surface area contributed by atoms with Crippen molar-refractivity contribution in [2.75, 3.05) is 10.0 Å². The zero-order chi connectivity index (χ0) is 20.1. The molecule has 0 fully saturated rings. The van der Waals surface area contributed by atoms with Gasteiger partial charge in [0, 0.05) is 29.2 Å². The average Bonchev–Trinajstić information content (AvgIpc) is 3.17. The van der Waals surface area contributed by atoms with Crippen molar-refractivity contribution in [3.05, 3.63) is 77.2 Å². The van der Waals surface area contributed by atoms with Gasteiger partial charge in [0.25, 0.3) is 10.0 Å². The van der Waals surface area contributed by atoms with Crippen LogP contribution in [0.15, 0.2) is 70.2 Å². The van der Waals surface area contributed by atoms with Gasteiger partial charge in [-0.05, 0) is 61.0 Å². The van der Waals surface area contributed by atoms with Crippen molar-refractivity contribution in [1.82, 2.24) is 0 Å². The summed E-state index contributed by atoms with van der Waals surface area (Å²) in [7, 11) is -3.82. The fraction of sp³-hybridized carbons (Fsp3) is 0.150. The Morgan fingerprint density at radius 3 is 2.46 bits per heavy atom. The maximum atomic E-state index is 12.8. The second-order valence-corrected chi connectivity index (χ2v) is 8.31. The minimum atomic E-state index is -3.82. The Kier molecular flexibility index (Phi) is 6.06. The minimum absolute atomic E-state index is 0.0892. The number of hydrogen-bond acceptors (Lipinski definition) is 4. The fourth-order valence-corrected chi connectivity index (χ4v) is 4.07. The quantitative estimate of drug-likeness (QED) is 0.586. The van der Waals surface area contributed by atoms with Crippen LogP contribution in [0.25, 0.3) is 0 Å². The van der Waals surface area contributed by atoms with Crippen LogP contribution >= 0.6 is 11.6 Å². The molecule has 1 amide bonds. The molecule has 0 unspecified atom stereocenters. The SMILES string of the molecule is Cc1ccc(NC(=O)CCc2ccco2)cc1S(=O)(=O)Nc1ccc(Cl)cc1. The van der Waals surface area contributed by atoms with Crippen molar-refractivity contribution in [3.63, 3.8) is 0 Å². The average molecular weight is 419 g/mol. The lowest BCUT2D eigenvalue weighted by atomic mass is 10.2. The van der Waals surface area contributed by atoms with Crippen molar-refractivity contribution in [3.8, 4) is 0 Å². The summed E-state index contributed by atoms with van der Waals surface area (Å²) in [5.74, 6) is 0.490. The summed E-state index contributed by atoms with van der Waals surface area (Å²) in [4.78, 5) is 12.2. The third-order valence-corrected chi connectivity index (χ3v) is 5.81. The second kappa shape index (κ2) is 8.50. The molecule has 0 saturated carbocycles. The number of sulfonamides is 1. The topological polar surface area (TPSA) is 88.4 Å². The van der Waals surface area contributed by atoms with Crippen LogP contribution in [0.1, 0.15) is 17.7 Å². The highest BCUT2D eigenvalue weighted by molar-refractivity contribution is 7.92. The number of aryl methyl sites for hydroxylation is 2. The highest BCUT2D eigenvalue weighted by Gasteiger charge is 2.18. The molecule has 3 rings (SSSR count). The van der Waals surface area contributed by atoms with E-state index in [1.54, 1.807) is 61.7 Å². The number of halogens is 1. The van der Waals surface area contributed by atoms with Gasteiger partial charge < -0.3 is 9.73 Å². The van der Waals surface area contributed by atoms with Crippen molar-refractivity contribution < 1.29 is 17.6 Å². The molecule has 1 heterocycles. The summed E-state index contributed by atoms with van der Waals surface area (Å²) < 4.78 is 33.2. The first-order chi connectivity index (χ1) is 13.3. The van der Waals surface area contributed by atoms with Crippen molar-refractivity contribution >= 4 is 38.9 Å². The van der Waals surface area contributed by atoms with Gasteiger partial charge in [0.2, 0.25) is 5.91 Å². The number of anilines is 2. The summed E-state index contributed by atoms with van der Waals surface area (Å²) in [6.45, 7) is 1.69. The first kappa shape index (κ1) is 20.0. The van der Waals surface area contributed by atoms with Crippen LogP contribution in [-0.4, -0.2) is 14.3 Å². The number of benzene rings is 2. The number of nitrogens with one attached hydrogen (secondary N) is 2. The second-order valence-electron chi connectivity index (χ2n) is 6.22. The Morgan fingerprint density at radius 1 is 1.07 bits per heavy atom. The smallest absolute Gasteiger partial charge is 0.262 e. The first-order valence-electron chi connectivity index (χ1n) is 8.55. The molecular formula is C20H19ClN2O4S. The van der Waals surface area contributed by atoms with Gasteiger partial charge in [0.15, 0.2) is 0 Å². The Labute approximate surface area is 168 Å². The molecule has 0 bridgehead atoms. The first-order valence-corrected chi connectivity index (χ1v) is 10.4. The standard InChI is InChI=1S/C20H19ClN2O4S/c1-14-4-7-17(22-20(24)11-10-18-3-2-12-27-18)13-19(14)28(25,26)23-16-8-5-15(21)6-9-16/h2-9,12-13,23H,10-11H2,1H3,(H,22,24). The predicted octanol–water partition coefficient (Wildman–Crippen LogP) is 4.61. The van der Waals surface area contributed by atoms with E-state index >= 15 is 0 Å². The molecule has 0 aliphatic heterocycles. The molecule has 1 aromatic heterocycles. The zero-order valence-electron chi connectivity index (χ0n) is 15.1. The number of carbonyl (C=O) groups excluding carboxylic acids is 1. The molecule has 0 spiro atoms. The predicted molar refractivity (Wildman–Crippen MR) is 109 cm³/mol. The van der Waals surface area contributed by atoms with Crippen LogP contribution in [0.2, 0.25) is 5.02 Å². The monoisotopic (exact) mass is 418 g/mol. The van der Waals surface area contributed by atoms with E-state index in [9.17, 15) is 13.2 Å².